The highest BCUT2D eigenvalue weighted by Crippen LogP contribution is 2.30. The van der Waals surface area contributed by atoms with E-state index in [2.05, 4.69) is 30.1 Å². The molecule has 1 N–H and O–H groups in total. The molecule has 0 aliphatic heterocycles. The van der Waals surface area contributed by atoms with Gasteiger partial charge in [-0.2, -0.15) is 5.26 Å². The van der Waals surface area contributed by atoms with Gasteiger partial charge in [0, 0.05) is 19.1 Å². The number of likely N-dealkylation sites (N-methyl/N-ethyl adjacent to an activating group) is 1. The first-order valence-corrected chi connectivity index (χ1v) is 5.48. The van der Waals surface area contributed by atoms with Gasteiger partial charge in [-0.1, -0.05) is 0 Å². The molecule has 0 aromatic carbocycles. The largest absolute Gasteiger partial charge is 0.304 e. The van der Waals surface area contributed by atoms with Crippen LogP contribution < -0.4 is 5.32 Å². The molecule has 1 aliphatic carbocycles. The van der Waals surface area contributed by atoms with Gasteiger partial charge in [0.15, 0.2) is 0 Å². The third-order valence-corrected chi connectivity index (χ3v) is 2.84. The average molecular weight is 195 g/mol. The van der Waals surface area contributed by atoms with E-state index in [4.69, 9.17) is 5.26 Å². The lowest BCUT2D eigenvalue weighted by Gasteiger charge is -2.28. The maximum Gasteiger partial charge on any atom is 0.108 e. The molecule has 0 radical (unpaired) electrons. The fraction of sp³-hybridized carbons (Fsp3) is 0.909. The number of rotatable bonds is 6. The maximum absolute atomic E-state index is 8.87. The summed E-state index contributed by atoms with van der Waals surface area (Å²) in [4.78, 5) is 2.40. The van der Waals surface area contributed by atoms with Crippen molar-refractivity contribution in [2.45, 2.75) is 38.8 Å². The standard InChI is InChI=1S/C11H21N3/c1-9(2)14(7-10-4-5-10)8-11(6-12)13-3/h9-11,13H,4-5,7-8H2,1-3H3. The highest BCUT2D eigenvalue weighted by molar-refractivity contribution is 4.92. The lowest BCUT2D eigenvalue weighted by molar-refractivity contribution is 0.203. The Morgan fingerprint density at radius 3 is 2.50 bits per heavy atom. The highest BCUT2D eigenvalue weighted by Gasteiger charge is 2.26. The van der Waals surface area contributed by atoms with Crippen LogP contribution in [0.5, 0.6) is 0 Å². The zero-order valence-corrected chi connectivity index (χ0v) is 9.45. The second-order valence-electron chi connectivity index (χ2n) is 4.46. The third kappa shape index (κ3) is 3.65. The number of nitrogens with zero attached hydrogens (tertiary/aromatic N) is 2. The summed E-state index contributed by atoms with van der Waals surface area (Å²) in [5.74, 6) is 0.897. The molecule has 0 bridgehead atoms. The summed E-state index contributed by atoms with van der Waals surface area (Å²) in [5, 5.41) is 11.9. The molecule has 1 unspecified atom stereocenters. The van der Waals surface area contributed by atoms with E-state index < -0.39 is 0 Å². The Balaban J connectivity index is 2.37. The fourth-order valence-electron chi connectivity index (χ4n) is 1.56. The molecule has 1 atom stereocenters. The SMILES string of the molecule is CNC(C#N)CN(CC1CC1)C(C)C. The van der Waals surface area contributed by atoms with Gasteiger partial charge in [-0.05, 0) is 39.7 Å². The summed E-state index contributed by atoms with van der Waals surface area (Å²) < 4.78 is 0. The van der Waals surface area contributed by atoms with Crippen LogP contribution in [0.1, 0.15) is 26.7 Å². The normalized spacial score (nSPS) is 18.6. The van der Waals surface area contributed by atoms with Gasteiger partial charge in [-0.15, -0.1) is 0 Å². The predicted octanol–water partition coefficient (Wildman–Crippen LogP) is 1.22. The average Bonchev–Trinajstić information content (AvgIpc) is 2.95. The molecule has 0 aromatic rings. The smallest absolute Gasteiger partial charge is 0.108 e. The van der Waals surface area contributed by atoms with E-state index in [1.54, 1.807) is 0 Å². The monoisotopic (exact) mass is 195 g/mol. The molecule has 3 heteroatoms. The number of hydrogen-bond donors (Lipinski definition) is 1. The summed E-state index contributed by atoms with van der Waals surface area (Å²) >= 11 is 0. The minimum Gasteiger partial charge on any atom is -0.304 e. The summed E-state index contributed by atoms with van der Waals surface area (Å²) in [5.41, 5.74) is 0. The maximum atomic E-state index is 8.87. The number of nitriles is 1. The first kappa shape index (κ1) is 11.5. The van der Waals surface area contributed by atoms with Crippen LogP contribution in [0, 0.1) is 17.2 Å². The van der Waals surface area contributed by atoms with Crippen molar-refractivity contribution in [2.75, 3.05) is 20.1 Å². The minimum atomic E-state index is -0.0313. The van der Waals surface area contributed by atoms with E-state index in [0.717, 1.165) is 19.0 Å². The van der Waals surface area contributed by atoms with Crippen molar-refractivity contribution in [1.82, 2.24) is 10.2 Å². The van der Waals surface area contributed by atoms with Crippen LogP contribution in [-0.2, 0) is 0 Å². The molecular weight excluding hydrogens is 174 g/mol. The molecule has 0 amide bonds. The van der Waals surface area contributed by atoms with E-state index in [9.17, 15) is 0 Å². The quantitative estimate of drug-likeness (QED) is 0.692. The van der Waals surface area contributed by atoms with Crippen molar-refractivity contribution in [3.05, 3.63) is 0 Å². The van der Waals surface area contributed by atoms with Crippen LogP contribution in [0.4, 0.5) is 0 Å². The molecule has 0 aromatic heterocycles. The van der Waals surface area contributed by atoms with Crippen molar-refractivity contribution < 1.29 is 0 Å². The Morgan fingerprint density at radius 1 is 1.50 bits per heavy atom. The Morgan fingerprint density at radius 2 is 2.14 bits per heavy atom. The van der Waals surface area contributed by atoms with Crippen LogP contribution in [0.25, 0.3) is 0 Å². The fourth-order valence-corrected chi connectivity index (χ4v) is 1.56. The highest BCUT2D eigenvalue weighted by atomic mass is 15.2. The van der Waals surface area contributed by atoms with Gasteiger partial charge in [0.2, 0.25) is 0 Å². The molecule has 80 valence electrons. The first-order chi connectivity index (χ1) is 6.67. The molecule has 1 fully saturated rings. The predicted molar refractivity (Wildman–Crippen MR) is 57.9 cm³/mol. The molecule has 1 saturated carbocycles. The van der Waals surface area contributed by atoms with E-state index in [1.165, 1.54) is 12.8 Å². The van der Waals surface area contributed by atoms with Crippen LogP contribution in [0.3, 0.4) is 0 Å². The molecule has 14 heavy (non-hydrogen) atoms. The second-order valence-corrected chi connectivity index (χ2v) is 4.46. The summed E-state index contributed by atoms with van der Waals surface area (Å²) in [6, 6.07) is 2.79. The summed E-state index contributed by atoms with van der Waals surface area (Å²) in [6.45, 7) is 6.41. The van der Waals surface area contributed by atoms with E-state index >= 15 is 0 Å². The van der Waals surface area contributed by atoms with Gasteiger partial charge in [-0.25, -0.2) is 0 Å². The zero-order valence-electron chi connectivity index (χ0n) is 9.45. The Bertz CT molecular complexity index is 203. The van der Waals surface area contributed by atoms with Crippen molar-refractivity contribution in [3.8, 4) is 6.07 Å². The van der Waals surface area contributed by atoms with Crippen molar-refractivity contribution in [2.24, 2.45) is 5.92 Å². The molecule has 0 heterocycles. The van der Waals surface area contributed by atoms with E-state index in [1.807, 2.05) is 7.05 Å². The molecule has 0 saturated heterocycles. The first-order valence-electron chi connectivity index (χ1n) is 5.48. The van der Waals surface area contributed by atoms with Crippen LogP contribution >= 0.6 is 0 Å². The van der Waals surface area contributed by atoms with Gasteiger partial charge in [0.25, 0.3) is 0 Å². The van der Waals surface area contributed by atoms with Crippen molar-refractivity contribution in [3.63, 3.8) is 0 Å². The van der Waals surface area contributed by atoms with Crippen molar-refractivity contribution >= 4 is 0 Å². The molecular formula is C11H21N3. The molecule has 1 rings (SSSR count). The van der Waals surface area contributed by atoms with Gasteiger partial charge in [0.1, 0.15) is 6.04 Å². The zero-order chi connectivity index (χ0) is 10.6. The lowest BCUT2D eigenvalue weighted by Crippen LogP contribution is -2.42. The van der Waals surface area contributed by atoms with Gasteiger partial charge in [0.05, 0.1) is 6.07 Å². The van der Waals surface area contributed by atoms with E-state index in [0.29, 0.717) is 6.04 Å². The molecule has 1 aliphatic rings. The number of hydrogen-bond acceptors (Lipinski definition) is 3. The second kappa shape index (κ2) is 5.33. The topological polar surface area (TPSA) is 39.1 Å². The van der Waals surface area contributed by atoms with Crippen molar-refractivity contribution in [1.29, 1.82) is 5.26 Å². The third-order valence-electron chi connectivity index (χ3n) is 2.84. The van der Waals surface area contributed by atoms with Gasteiger partial charge >= 0.3 is 0 Å². The Labute approximate surface area is 87.1 Å². The van der Waals surface area contributed by atoms with Gasteiger partial charge < -0.3 is 5.32 Å². The summed E-state index contributed by atoms with van der Waals surface area (Å²) in [6.07, 6.45) is 2.75. The molecule has 3 nitrogen and oxygen atoms in total. The number of nitrogens with one attached hydrogen (secondary N) is 1. The van der Waals surface area contributed by atoms with Crippen LogP contribution in [-0.4, -0.2) is 37.1 Å². The van der Waals surface area contributed by atoms with Crippen LogP contribution in [0.2, 0.25) is 0 Å². The minimum absolute atomic E-state index is 0.0313. The Hall–Kier alpha value is -0.590. The summed E-state index contributed by atoms with van der Waals surface area (Å²) in [7, 11) is 1.85. The lowest BCUT2D eigenvalue weighted by atomic mass is 10.2. The molecule has 0 spiro atoms. The van der Waals surface area contributed by atoms with Gasteiger partial charge in [-0.3, -0.25) is 4.90 Å². The van der Waals surface area contributed by atoms with E-state index in [-0.39, 0.29) is 6.04 Å². The Kier molecular flexibility index (Phi) is 4.37. The van der Waals surface area contributed by atoms with Crippen LogP contribution in [0.15, 0.2) is 0 Å².